The molecule has 0 aliphatic heterocycles. The second-order valence-electron chi connectivity index (χ2n) is 18.7. The van der Waals surface area contributed by atoms with E-state index in [4.69, 9.17) is 4.74 Å². The Morgan fingerprint density at radius 2 is 0.823 bits per heavy atom. The first-order valence-electron chi connectivity index (χ1n) is 27.2. The lowest BCUT2D eigenvalue weighted by molar-refractivity contribution is -0.151. The SMILES string of the molecule is CCCCCC/C=C\CCCCCCCC(CC(=O)NC(CO)C(O)CCCCCCCCCCCCCC)OC(=O)CCCCCCC/C=C/C=C/CCCCCCCCC. The van der Waals surface area contributed by atoms with Crippen LogP contribution in [0.25, 0.3) is 0 Å². The number of hydrogen-bond donors (Lipinski definition) is 3. The van der Waals surface area contributed by atoms with Gasteiger partial charge in [0.25, 0.3) is 0 Å². The predicted octanol–water partition coefficient (Wildman–Crippen LogP) is 16.5. The first-order chi connectivity index (χ1) is 30.5. The number of aliphatic hydroxyl groups excluding tert-OH is 2. The van der Waals surface area contributed by atoms with Crippen LogP contribution in [-0.4, -0.2) is 46.9 Å². The van der Waals surface area contributed by atoms with E-state index in [2.05, 4.69) is 62.5 Å². The Balaban J connectivity index is 4.57. The number of nitrogens with one attached hydrogen (secondary N) is 1. The molecular weight excluding hydrogens is 767 g/mol. The van der Waals surface area contributed by atoms with Crippen LogP contribution in [0.3, 0.4) is 0 Å². The molecule has 0 aliphatic carbocycles. The van der Waals surface area contributed by atoms with Crippen LogP contribution in [0.5, 0.6) is 0 Å². The quantitative estimate of drug-likeness (QED) is 0.0245. The molecule has 0 radical (unpaired) electrons. The number of esters is 1. The van der Waals surface area contributed by atoms with Crippen LogP contribution in [0.4, 0.5) is 0 Å². The summed E-state index contributed by atoms with van der Waals surface area (Å²) in [4.78, 5) is 26.2. The van der Waals surface area contributed by atoms with Crippen LogP contribution < -0.4 is 5.32 Å². The summed E-state index contributed by atoms with van der Waals surface area (Å²) in [6.07, 6.45) is 59.2. The van der Waals surface area contributed by atoms with Crippen molar-refractivity contribution in [3.05, 3.63) is 36.5 Å². The van der Waals surface area contributed by atoms with Gasteiger partial charge in [0.15, 0.2) is 0 Å². The van der Waals surface area contributed by atoms with Crippen molar-refractivity contribution in [2.45, 2.75) is 302 Å². The van der Waals surface area contributed by atoms with Crippen molar-refractivity contribution in [3.63, 3.8) is 0 Å². The van der Waals surface area contributed by atoms with Crippen molar-refractivity contribution in [2.75, 3.05) is 6.61 Å². The van der Waals surface area contributed by atoms with Gasteiger partial charge in [-0.2, -0.15) is 0 Å². The van der Waals surface area contributed by atoms with Gasteiger partial charge in [-0.05, 0) is 77.0 Å². The lowest BCUT2D eigenvalue weighted by Gasteiger charge is -2.24. The highest BCUT2D eigenvalue weighted by atomic mass is 16.5. The van der Waals surface area contributed by atoms with Crippen molar-refractivity contribution in [2.24, 2.45) is 0 Å². The van der Waals surface area contributed by atoms with Gasteiger partial charge in [-0.25, -0.2) is 0 Å². The minimum atomic E-state index is -0.790. The molecule has 1 amide bonds. The minimum Gasteiger partial charge on any atom is -0.462 e. The Morgan fingerprint density at radius 3 is 1.26 bits per heavy atom. The summed E-state index contributed by atoms with van der Waals surface area (Å²) in [5, 5.41) is 23.8. The van der Waals surface area contributed by atoms with Gasteiger partial charge in [0.1, 0.15) is 6.10 Å². The van der Waals surface area contributed by atoms with Crippen molar-refractivity contribution < 1.29 is 24.5 Å². The van der Waals surface area contributed by atoms with Crippen molar-refractivity contribution >= 4 is 11.9 Å². The molecule has 0 saturated carbocycles. The predicted molar refractivity (Wildman–Crippen MR) is 269 cm³/mol. The zero-order chi connectivity index (χ0) is 45.2. The van der Waals surface area contributed by atoms with Gasteiger partial charge in [-0.15, -0.1) is 0 Å². The second-order valence-corrected chi connectivity index (χ2v) is 18.7. The van der Waals surface area contributed by atoms with Gasteiger partial charge in [0.05, 0.1) is 25.2 Å². The summed E-state index contributed by atoms with van der Waals surface area (Å²) in [6.45, 7) is 6.47. The summed E-state index contributed by atoms with van der Waals surface area (Å²) in [5.41, 5.74) is 0. The monoisotopic (exact) mass is 872 g/mol. The van der Waals surface area contributed by atoms with E-state index in [1.54, 1.807) is 0 Å². The second kappa shape index (κ2) is 50.1. The molecule has 3 atom stereocenters. The van der Waals surface area contributed by atoms with E-state index in [0.29, 0.717) is 19.3 Å². The largest absolute Gasteiger partial charge is 0.462 e. The third kappa shape index (κ3) is 44.7. The topological polar surface area (TPSA) is 95.9 Å². The number of ether oxygens (including phenoxy) is 1. The number of rotatable bonds is 49. The van der Waals surface area contributed by atoms with Gasteiger partial charge in [0, 0.05) is 6.42 Å². The zero-order valence-electron chi connectivity index (χ0n) is 41.5. The molecule has 0 aromatic rings. The standard InChI is InChI=1S/C56H105NO5/c1-4-7-10-13-16-19-22-25-26-27-28-29-31-34-37-40-43-46-49-56(61)62-52(47-44-41-38-35-32-30-23-20-17-14-11-8-5-2)50-55(60)57-53(51-58)54(59)48-45-42-39-36-33-24-21-18-15-12-9-6-3/h20,23,26-29,52-54,58-59H,4-19,21-22,24-25,30-51H2,1-3H3,(H,57,60)/b23-20-,27-26+,29-28+. The molecule has 364 valence electrons. The summed E-state index contributed by atoms with van der Waals surface area (Å²) < 4.78 is 5.94. The van der Waals surface area contributed by atoms with Crippen LogP contribution >= 0.6 is 0 Å². The Bertz CT molecular complexity index is 1020. The van der Waals surface area contributed by atoms with E-state index in [1.165, 1.54) is 161 Å². The molecule has 0 heterocycles. The van der Waals surface area contributed by atoms with E-state index in [0.717, 1.165) is 77.0 Å². The lowest BCUT2D eigenvalue weighted by atomic mass is 10.0. The Morgan fingerprint density at radius 1 is 0.468 bits per heavy atom. The molecule has 3 unspecified atom stereocenters. The number of unbranched alkanes of at least 4 members (excludes halogenated alkanes) is 32. The Labute approximate surface area is 385 Å². The number of aliphatic hydroxyl groups is 2. The van der Waals surface area contributed by atoms with E-state index in [9.17, 15) is 19.8 Å². The van der Waals surface area contributed by atoms with Gasteiger partial charge in [-0.3, -0.25) is 9.59 Å². The van der Waals surface area contributed by atoms with E-state index < -0.39 is 18.2 Å². The van der Waals surface area contributed by atoms with E-state index in [-0.39, 0.29) is 24.9 Å². The molecule has 62 heavy (non-hydrogen) atoms. The number of hydrogen-bond acceptors (Lipinski definition) is 5. The Hall–Kier alpha value is -1.92. The smallest absolute Gasteiger partial charge is 0.306 e. The molecule has 0 aromatic heterocycles. The Kier molecular flexibility index (Phi) is 48.5. The van der Waals surface area contributed by atoms with Crippen LogP contribution in [0.1, 0.15) is 284 Å². The molecule has 6 heteroatoms. The fourth-order valence-corrected chi connectivity index (χ4v) is 8.30. The van der Waals surface area contributed by atoms with Crippen LogP contribution in [0, 0.1) is 0 Å². The average Bonchev–Trinajstić information content (AvgIpc) is 3.26. The molecule has 0 aromatic carbocycles. The molecule has 0 rings (SSSR count). The maximum Gasteiger partial charge on any atom is 0.306 e. The van der Waals surface area contributed by atoms with E-state index in [1.807, 2.05) is 0 Å². The lowest BCUT2D eigenvalue weighted by Crippen LogP contribution is -2.46. The number of carbonyl (C=O) groups excluding carboxylic acids is 2. The van der Waals surface area contributed by atoms with Crippen LogP contribution in [0.2, 0.25) is 0 Å². The van der Waals surface area contributed by atoms with Crippen molar-refractivity contribution in [1.82, 2.24) is 5.32 Å². The molecule has 3 N–H and O–H groups in total. The highest BCUT2D eigenvalue weighted by Gasteiger charge is 2.24. The van der Waals surface area contributed by atoms with Crippen LogP contribution in [-0.2, 0) is 14.3 Å². The van der Waals surface area contributed by atoms with Gasteiger partial charge in [0.2, 0.25) is 5.91 Å². The third-order valence-corrected chi connectivity index (χ3v) is 12.5. The van der Waals surface area contributed by atoms with Crippen molar-refractivity contribution in [1.29, 1.82) is 0 Å². The normalized spacial score (nSPS) is 13.4. The molecule has 0 spiro atoms. The summed E-state index contributed by atoms with van der Waals surface area (Å²) in [5.74, 6) is -0.490. The molecule has 0 bridgehead atoms. The molecule has 0 saturated heterocycles. The summed E-state index contributed by atoms with van der Waals surface area (Å²) in [7, 11) is 0. The van der Waals surface area contributed by atoms with Gasteiger partial charge < -0.3 is 20.3 Å². The number of amides is 1. The third-order valence-electron chi connectivity index (χ3n) is 12.5. The van der Waals surface area contributed by atoms with E-state index >= 15 is 0 Å². The summed E-state index contributed by atoms with van der Waals surface area (Å²) >= 11 is 0. The average molecular weight is 872 g/mol. The maximum absolute atomic E-state index is 13.2. The zero-order valence-corrected chi connectivity index (χ0v) is 41.5. The summed E-state index contributed by atoms with van der Waals surface area (Å²) in [6, 6.07) is -0.705. The molecule has 0 aliphatic rings. The highest BCUT2D eigenvalue weighted by molar-refractivity contribution is 5.77. The highest BCUT2D eigenvalue weighted by Crippen LogP contribution is 2.18. The van der Waals surface area contributed by atoms with Crippen molar-refractivity contribution in [3.8, 4) is 0 Å². The van der Waals surface area contributed by atoms with Crippen LogP contribution in [0.15, 0.2) is 36.5 Å². The fraction of sp³-hybridized carbons (Fsp3) is 0.857. The maximum atomic E-state index is 13.2. The van der Waals surface area contributed by atoms with Gasteiger partial charge in [-0.1, -0.05) is 231 Å². The fourth-order valence-electron chi connectivity index (χ4n) is 8.30. The first-order valence-corrected chi connectivity index (χ1v) is 27.2. The minimum absolute atomic E-state index is 0.0679. The number of allylic oxidation sites excluding steroid dienone is 6. The molecule has 0 fully saturated rings. The molecular formula is C56H105NO5. The first kappa shape index (κ1) is 60.1. The molecule has 6 nitrogen and oxygen atoms in total. The van der Waals surface area contributed by atoms with Gasteiger partial charge >= 0.3 is 5.97 Å². The number of carbonyl (C=O) groups is 2.